The van der Waals surface area contributed by atoms with Crippen LogP contribution in [0.1, 0.15) is 19.3 Å². The lowest BCUT2D eigenvalue weighted by Gasteiger charge is -2.15. The molecule has 4 heteroatoms. The number of halogens is 1. The Labute approximate surface area is 79.7 Å². The summed E-state index contributed by atoms with van der Waals surface area (Å²) in [4.78, 5) is 12.8. The van der Waals surface area contributed by atoms with Crippen LogP contribution in [0.15, 0.2) is 0 Å². The van der Waals surface area contributed by atoms with Crippen molar-refractivity contribution in [2.24, 2.45) is 11.7 Å². The van der Waals surface area contributed by atoms with E-state index < -0.39 is 0 Å². The number of hydrogen-bond donors (Lipinski definition) is 1. The van der Waals surface area contributed by atoms with E-state index in [-0.39, 0.29) is 24.4 Å². The van der Waals surface area contributed by atoms with Crippen molar-refractivity contribution >= 4 is 18.3 Å². The zero-order chi connectivity index (χ0) is 8.43. The molecule has 0 aliphatic heterocycles. The van der Waals surface area contributed by atoms with Gasteiger partial charge in [0.05, 0.1) is 6.04 Å². The van der Waals surface area contributed by atoms with Crippen LogP contribution in [0.25, 0.3) is 0 Å². The van der Waals surface area contributed by atoms with Crippen molar-refractivity contribution in [1.29, 1.82) is 0 Å². The molecule has 0 saturated heterocycles. The fourth-order valence-corrected chi connectivity index (χ4v) is 1.15. The maximum Gasteiger partial charge on any atom is 0.238 e. The van der Waals surface area contributed by atoms with E-state index in [4.69, 9.17) is 5.73 Å². The number of nitrogens with two attached hydrogens (primary N) is 1. The maximum absolute atomic E-state index is 11.2. The number of amides is 1. The van der Waals surface area contributed by atoms with E-state index in [2.05, 4.69) is 0 Å². The minimum absolute atomic E-state index is 0. The third-order valence-corrected chi connectivity index (χ3v) is 2.04. The first kappa shape index (κ1) is 11.7. The van der Waals surface area contributed by atoms with E-state index >= 15 is 0 Å². The maximum atomic E-state index is 11.2. The van der Waals surface area contributed by atoms with Crippen molar-refractivity contribution in [3.63, 3.8) is 0 Å². The molecule has 1 amide bonds. The van der Waals surface area contributed by atoms with E-state index in [1.165, 1.54) is 12.8 Å². The average molecular weight is 193 g/mol. The van der Waals surface area contributed by atoms with Gasteiger partial charge in [0.2, 0.25) is 5.91 Å². The molecule has 3 nitrogen and oxygen atoms in total. The molecule has 0 bridgehead atoms. The summed E-state index contributed by atoms with van der Waals surface area (Å²) < 4.78 is 0. The second kappa shape index (κ2) is 4.67. The monoisotopic (exact) mass is 192 g/mol. The van der Waals surface area contributed by atoms with Crippen LogP contribution in [-0.4, -0.2) is 30.9 Å². The minimum atomic E-state index is -0.266. The molecule has 1 aliphatic rings. The highest BCUT2D eigenvalue weighted by atomic mass is 35.5. The van der Waals surface area contributed by atoms with Gasteiger partial charge in [-0.15, -0.1) is 12.4 Å². The van der Waals surface area contributed by atoms with Crippen molar-refractivity contribution in [3.8, 4) is 0 Å². The summed E-state index contributed by atoms with van der Waals surface area (Å²) in [5, 5.41) is 0. The van der Waals surface area contributed by atoms with Crippen molar-refractivity contribution in [2.45, 2.75) is 25.3 Å². The highest BCUT2D eigenvalue weighted by molar-refractivity contribution is 5.85. The third kappa shape index (κ3) is 3.41. The summed E-state index contributed by atoms with van der Waals surface area (Å²) in [5.41, 5.74) is 5.67. The Morgan fingerprint density at radius 2 is 2.08 bits per heavy atom. The molecule has 12 heavy (non-hydrogen) atoms. The Morgan fingerprint density at radius 3 is 2.42 bits per heavy atom. The van der Waals surface area contributed by atoms with Gasteiger partial charge >= 0.3 is 0 Å². The normalized spacial score (nSPS) is 17.9. The second-order valence-corrected chi connectivity index (χ2v) is 3.52. The van der Waals surface area contributed by atoms with Crippen molar-refractivity contribution in [3.05, 3.63) is 0 Å². The standard InChI is InChI=1S/C8H16N2O.ClH/c1-10(2)8(11)7(9)5-6-3-4-6;/h6-7H,3-5,9H2,1-2H3;1H/t7-;/m0./s1. The lowest BCUT2D eigenvalue weighted by Crippen LogP contribution is -2.40. The van der Waals surface area contributed by atoms with Crippen LogP contribution in [0.3, 0.4) is 0 Å². The Bertz CT molecular complexity index is 157. The van der Waals surface area contributed by atoms with Gasteiger partial charge in [0.25, 0.3) is 0 Å². The number of nitrogens with zero attached hydrogens (tertiary/aromatic N) is 1. The van der Waals surface area contributed by atoms with Crippen LogP contribution >= 0.6 is 12.4 Å². The molecule has 1 saturated carbocycles. The summed E-state index contributed by atoms with van der Waals surface area (Å²) in [7, 11) is 3.49. The quantitative estimate of drug-likeness (QED) is 0.713. The molecule has 0 heterocycles. The summed E-state index contributed by atoms with van der Waals surface area (Å²) in [5.74, 6) is 0.783. The largest absolute Gasteiger partial charge is 0.347 e. The Kier molecular flexibility index (Phi) is 4.57. The van der Waals surface area contributed by atoms with Gasteiger partial charge in [-0.2, -0.15) is 0 Å². The minimum Gasteiger partial charge on any atom is -0.347 e. The predicted octanol–water partition coefficient (Wildman–Crippen LogP) is 0.624. The molecule has 0 spiro atoms. The molecule has 0 radical (unpaired) electrons. The van der Waals surface area contributed by atoms with Crippen LogP contribution in [0.4, 0.5) is 0 Å². The molecule has 0 unspecified atom stereocenters. The molecule has 1 fully saturated rings. The van der Waals surface area contributed by atoms with E-state index in [0.29, 0.717) is 0 Å². The zero-order valence-electron chi connectivity index (χ0n) is 7.62. The molecule has 0 aromatic rings. The Balaban J connectivity index is 0.00000121. The fourth-order valence-electron chi connectivity index (χ4n) is 1.15. The average Bonchev–Trinajstić information content (AvgIpc) is 2.69. The third-order valence-electron chi connectivity index (χ3n) is 2.04. The number of hydrogen-bond acceptors (Lipinski definition) is 2. The number of carbonyl (C=O) groups is 1. The van der Waals surface area contributed by atoms with Gasteiger partial charge < -0.3 is 10.6 Å². The SMILES string of the molecule is CN(C)C(=O)[C@@H](N)CC1CC1.Cl. The van der Waals surface area contributed by atoms with E-state index in [0.717, 1.165) is 12.3 Å². The number of rotatable bonds is 3. The number of carbonyl (C=O) groups excluding carboxylic acids is 1. The highest BCUT2D eigenvalue weighted by Gasteiger charge is 2.27. The molecule has 72 valence electrons. The van der Waals surface area contributed by atoms with Crippen molar-refractivity contribution in [2.75, 3.05) is 14.1 Å². The zero-order valence-corrected chi connectivity index (χ0v) is 8.43. The predicted molar refractivity (Wildman–Crippen MR) is 51.3 cm³/mol. The van der Waals surface area contributed by atoms with E-state index in [1.807, 2.05) is 0 Å². The topological polar surface area (TPSA) is 46.3 Å². The van der Waals surface area contributed by atoms with Crippen molar-refractivity contribution in [1.82, 2.24) is 4.90 Å². The highest BCUT2D eigenvalue weighted by Crippen LogP contribution is 2.33. The first-order valence-electron chi connectivity index (χ1n) is 4.08. The fraction of sp³-hybridized carbons (Fsp3) is 0.875. The molecular formula is C8H17ClN2O. The molecule has 2 N–H and O–H groups in total. The smallest absolute Gasteiger partial charge is 0.238 e. The van der Waals surface area contributed by atoms with E-state index in [1.54, 1.807) is 19.0 Å². The van der Waals surface area contributed by atoms with Crippen LogP contribution < -0.4 is 5.73 Å². The van der Waals surface area contributed by atoms with Crippen LogP contribution in [0, 0.1) is 5.92 Å². The van der Waals surface area contributed by atoms with Gasteiger partial charge in [0, 0.05) is 14.1 Å². The summed E-state index contributed by atoms with van der Waals surface area (Å²) >= 11 is 0. The molecule has 1 rings (SSSR count). The van der Waals surface area contributed by atoms with Gasteiger partial charge in [-0.3, -0.25) is 4.79 Å². The van der Waals surface area contributed by atoms with Gasteiger partial charge in [-0.25, -0.2) is 0 Å². The molecule has 1 aliphatic carbocycles. The van der Waals surface area contributed by atoms with Crippen LogP contribution in [0.5, 0.6) is 0 Å². The van der Waals surface area contributed by atoms with E-state index in [9.17, 15) is 4.79 Å². The molecule has 0 aromatic heterocycles. The summed E-state index contributed by atoms with van der Waals surface area (Å²) in [6.07, 6.45) is 3.39. The molecule has 1 atom stereocenters. The lowest BCUT2D eigenvalue weighted by atomic mass is 10.1. The Hall–Kier alpha value is -0.280. The van der Waals surface area contributed by atoms with Crippen LogP contribution in [-0.2, 0) is 4.79 Å². The Morgan fingerprint density at radius 1 is 1.58 bits per heavy atom. The summed E-state index contributed by atoms with van der Waals surface area (Å²) in [6.45, 7) is 0. The molecule has 0 aromatic carbocycles. The second-order valence-electron chi connectivity index (χ2n) is 3.52. The summed E-state index contributed by atoms with van der Waals surface area (Å²) in [6, 6.07) is -0.266. The first-order chi connectivity index (χ1) is 5.11. The van der Waals surface area contributed by atoms with Gasteiger partial charge in [0.1, 0.15) is 0 Å². The molecular weight excluding hydrogens is 176 g/mol. The van der Waals surface area contributed by atoms with Gasteiger partial charge in [0.15, 0.2) is 0 Å². The lowest BCUT2D eigenvalue weighted by molar-refractivity contribution is -0.130. The van der Waals surface area contributed by atoms with Gasteiger partial charge in [-0.1, -0.05) is 12.8 Å². The van der Waals surface area contributed by atoms with Crippen LogP contribution in [0.2, 0.25) is 0 Å². The number of likely N-dealkylation sites (N-methyl/N-ethyl adjacent to an activating group) is 1. The van der Waals surface area contributed by atoms with Gasteiger partial charge in [-0.05, 0) is 12.3 Å². The first-order valence-corrected chi connectivity index (χ1v) is 4.08. The van der Waals surface area contributed by atoms with Crippen molar-refractivity contribution < 1.29 is 4.79 Å².